The Hall–Kier alpha value is -2.21. The summed E-state index contributed by atoms with van der Waals surface area (Å²) in [6.45, 7) is 4.08. The molecule has 6 heteroatoms. The second kappa shape index (κ2) is 5.83. The average molecular weight is 278 g/mol. The fourth-order valence-electron chi connectivity index (χ4n) is 1.90. The summed E-state index contributed by atoms with van der Waals surface area (Å²) in [5.41, 5.74) is 0.273. The molecule has 0 aliphatic rings. The fraction of sp³-hybridized carbons (Fsp3) is 0.286. The van der Waals surface area contributed by atoms with Crippen molar-refractivity contribution >= 4 is 5.69 Å². The maximum atomic E-state index is 13.3. The number of furan rings is 1. The molecule has 0 radical (unpaired) electrons. The Morgan fingerprint density at radius 2 is 2.15 bits per heavy atom. The summed E-state index contributed by atoms with van der Waals surface area (Å²) in [4.78, 5) is 10.1. The van der Waals surface area contributed by atoms with Gasteiger partial charge in [-0.3, -0.25) is 10.1 Å². The largest absolute Gasteiger partial charge is 0.465 e. The Bertz CT molecular complexity index is 625. The summed E-state index contributed by atoms with van der Waals surface area (Å²) in [6.07, 6.45) is 0. The Balaban J connectivity index is 2.05. The lowest BCUT2D eigenvalue weighted by molar-refractivity contribution is -0.385. The highest BCUT2D eigenvalue weighted by Crippen LogP contribution is 2.19. The van der Waals surface area contributed by atoms with Gasteiger partial charge in [0.05, 0.1) is 17.0 Å². The van der Waals surface area contributed by atoms with Crippen LogP contribution in [0, 0.1) is 22.9 Å². The van der Waals surface area contributed by atoms with Gasteiger partial charge in [-0.05, 0) is 37.6 Å². The molecular weight excluding hydrogens is 263 g/mol. The molecule has 1 heterocycles. The van der Waals surface area contributed by atoms with Crippen molar-refractivity contribution in [1.82, 2.24) is 5.32 Å². The Morgan fingerprint density at radius 3 is 2.75 bits per heavy atom. The molecule has 0 fully saturated rings. The standard InChI is InChI=1S/C14H15FN2O3/c1-9-3-4-14(20-9)10(2)16-8-11-5-12(15)7-13(6-11)17(18)19/h3-7,10,16H,8H2,1-2H3. The van der Waals surface area contributed by atoms with E-state index >= 15 is 0 Å². The quantitative estimate of drug-likeness (QED) is 0.671. The third-order valence-electron chi connectivity index (χ3n) is 2.95. The minimum Gasteiger partial charge on any atom is -0.465 e. The van der Waals surface area contributed by atoms with Gasteiger partial charge in [0, 0.05) is 12.6 Å². The van der Waals surface area contributed by atoms with Crippen molar-refractivity contribution in [2.45, 2.75) is 26.4 Å². The summed E-state index contributed by atoms with van der Waals surface area (Å²) in [5, 5.41) is 13.8. The van der Waals surface area contributed by atoms with E-state index in [0.29, 0.717) is 12.1 Å². The van der Waals surface area contributed by atoms with Crippen LogP contribution in [-0.2, 0) is 6.54 Å². The lowest BCUT2D eigenvalue weighted by Crippen LogP contribution is -2.17. The molecule has 0 saturated carbocycles. The Morgan fingerprint density at radius 1 is 1.40 bits per heavy atom. The number of hydrogen-bond acceptors (Lipinski definition) is 4. The molecule has 0 aliphatic heterocycles. The van der Waals surface area contributed by atoms with E-state index in [1.165, 1.54) is 12.1 Å². The van der Waals surface area contributed by atoms with Crippen LogP contribution < -0.4 is 5.32 Å². The van der Waals surface area contributed by atoms with Gasteiger partial charge in [0.15, 0.2) is 0 Å². The van der Waals surface area contributed by atoms with Crippen LogP contribution in [0.2, 0.25) is 0 Å². The second-order valence-electron chi connectivity index (χ2n) is 4.63. The maximum Gasteiger partial charge on any atom is 0.272 e. The minimum absolute atomic E-state index is 0.0639. The predicted molar refractivity (Wildman–Crippen MR) is 71.8 cm³/mol. The first-order valence-corrected chi connectivity index (χ1v) is 6.19. The van der Waals surface area contributed by atoms with Crippen molar-refractivity contribution in [2.24, 2.45) is 0 Å². The van der Waals surface area contributed by atoms with Gasteiger partial charge in [-0.25, -0.2) is 4.39 Å². The van der Waals surface area contributed by atoms with E-state index in [1.807, 2.05) is 26.0 Å². The zero-order chi connectivity index (χ0) is 14.7. The molecule has 1 atom stereocenters. The molecule has 0 bridgehead atoms. The van der Waals surface area contributed by atoms with Gasteiger partial charge in [0.1, 0.15) is 17.3 Å². The highest BCUT2D eigenvalue weighted by molar-refractivity contribution is 5.35. The smallest absolute Gasteiger partial charge is 0.272 e. The molecular formula is C14H15FN2O3. The number of nitrogens with one attached hydrogen (secondary N) is 1. The second-order valence-corrected chi connectivity index (χ2v) is 4.63. The van der Waals surface area contributed by atoms with E-state index in [9.17, 15) is 14.5 Å². The monoisotopic (exact) mass is 278 g/mol. The lowest BCUT2D eigenvalue weighted by Gasteiger charge is -2.11. The first kappa shape index (κ1) is 14.2. The van der Waals surface area contributed by atoms with Crippen molar-refractivity contribution in [2.75, 3.05) is 0 Å². The molecule has 1 aromatic heterocycles. The highest BCUT2D eigenvalue weighted by Gasteiger charge is 2.12. The SMILES string of the molecule is Cc1ccc(C(C)NCc2cc(F)cc([N+](=O)[O-])c2)o1. The van der Waals surface area contributed by atoms with E-state index in [1.54, 1.807) is 0 Å². The highest BCUT2D eigenvalue weighted by atomic mass is 19.1. The molecule has 5 nitrogen and oxygen atoms in total. The normalized spacial score (nSPS) is 12.3. The van der Waals surface area contributed by atoms with Crippen LogP contribution >= 0.6 is 0 Å². The van der Waals surface area contributed by atoms with Crippen LogP contribution in [0.5, 0.6) is 0 Å². The number of hydrogen-bond donors (Lipinski definition) is 1. The van der Waals surface area contributed by atoms with Crippen molar-refractivity contribution in [3.63, 3.8) is 0 Å². The zero-order valence-corrected chi connectivity index (χ0v) is 11.2. The van der Waals surface area contributed by atoms with E-state index in [2.05, 4.69) is 5.32 Å². The molecule has 2 aromatic rings. The zero-order valence-electron chi connectivity index (χ0n) is 11.2. The molecule has 0 saturated heterocycles. The van der Waals surface area contributed by atoms with Crippen molar-refractivity contribution < 1.29 is 13.7 Å². The lowest BCUT2D eigenvalue weighted by atomic mass is 10.1. The number of halogens is 1. The maximum absolute atomic E-state index is 13.3. The molecule has 20 heavy (non-hydrogen) atoms. The molecule has 0 aliphatic carbocycles. The van der Waals surface area contributed by atoms with Crippen molar-refractivity contribution in [3.8, 4) is 0 Å². The summed E-state index contributed by atoms with van der Waals surface area (Å²) in [7, 11) is 0. The van der Waals surface area contributed by atoms with Gasteiger partial charge in [0.2, 0.25) is 0 Å². The molecule has 1 N–H and O–H groups in total. The third-order valence-corrected chi connectivity index (χ3v) is 2.95. The molecule has 0 spiro atoms. The van der Waals surface area contributed by atoms with Crippen LogP contribution in [0.3, 0.4) is 0 Å². The number of nitro groups is 1. The van der Waals surface area contributed by atoms with E-state index in [-0.39, 0.29) is 11.7 Å². The average Bonchev–Trinajstić information content (AvgIpc) is 2.82. The van der Waals surface area contributed by atoms with Crippen LogP contribution in [0.25, 0.3) is 0 Å². The molecule has 0 amide bonds. The summed E-state index contributed by atoms with van der Waals surface area (Å²) in [6, 6.07) is 7.20. The summed E-state index contributed by atoms with van der Waals surface area (Å²) < 4.78 is 18.8. The number of nitro benzene ring substituents is 1. The summed E-state index contributed by atoms with van der Waals surface area (Å²) >= 11 is 0. The van der Waals surface area contributed by atoms with E-state index in [4.69, 9.17) is 4.42 Å². The Labute approximate surface area is 115 Å². The molecule has 106 valence electrons. The third kappa shape index (κ3) is 3.42. The van der Waals surface area contributed by atoms with E-state index in [0.717, 1.165) is 17.6 Å². The topological polar surface area (TPSA) is 68.3 Å². The van der Waals surface area contributed by atoms with Crippen LogP contribution in [-0.4, -0.2) is 4.92 Å². The van der Waals surface area contributed by atoms with Crippen LogP contribution in [0.15, 0.2) is 34.7 Å². The number of rotatable bonds is 5. The van der Waals surface area contributed by atoms with Gasteiger partial charge < -0.3 is 9.73 Å². The first-order valence-electron chi connectivity index (χ1n) is 6.19. The number of non-ortho nitro benzene ring substituents is 1. The van der Waals surface area contributed by atoms with Crippen LogP contribution in [0.1, 0.15) is 30.0 Å². The number of aryl methyl sites for hydroxylation is 1. The van der Waals surface area contributed by atoms with Gasteiger partial charge >= 0.3 is 0 Å². The molecule has 2 rings (SSSR count). The molecule has 1 unspecified atom stereocenters. The van der Waals surface area contributed by atoms with Crippen molar-refractivity contribution in [1.29, 1.82) is 0 Å². The van der Waals surface area contributed by atoms with Gasteiger partial charge in [0.25, 0.3) is 5.69 Å². The minimum atomic E-state index is -0.613. The number of nitrogens with zero attached hydrogens (tertiary/aromatic N) is 1. The molecule has 1 aromatic carbocycles. The first-order chi connectivity index (χ1) is 9.45. The van der Waals surface area contributed by atoms with E-state index < -0.39 is 10.7 Å². The Kier molecular flexibility index (Phi) is 4.14. The van der Waals surface area contributed by atoms with Crippen LogP contribution in [0.4, 0.5) is 10.1 Å². The van der Waals surface area contributed by atoms with Gasteiger partial charge in [-0.1, -0.05) is 0 Å². The van der Waals surface area contributed by atoms with Crippen molar-refractivity contribution in [3.05, 3.63) is 63.3 Å². The predicted octanol–water partition coefficient (Wildman–Crippen LogP) is 3.49. The summed E-state index contributed by atoms with van der Waals surface area (Å²) in [5.74, 6) is 0.973. The fourth-order valence-corrected chi connectivity index (χ4v) is 1.90. The number of benzene rings is 1. The van der Waals surface area contributed by atoms with Gasteiger partial charge in [-0.2, -0.15) is 0 Å². The van der Waals surface area contributed by atoms with Gasteiger partial charge in [-0.15, -0.1) is 0 Å².